The van der Waals surface area contributed by atoms with Crippen LogP contribution >= 0.6 is 0 Å². The molecule has 25 heavy (non-hydrogen) atoms. The Labute approximate surface area is 146 Å². The van der Waals surface area contributed by atoms with Gasteiger partial charge in [0.25, 0.3) is 0 Å². The molecule has 1 saturated heterocycles. The molecule has 2 N–H and O–H groups in total. The van der Waals surface area contributed by atoms with Crippen LogP contribution in [0.2, 0.25) is 0 Å². The third-order valence-corrected chi connectivity index (χ3v) is 5.18. The predicted molar refractivity (Wildman–Crippen MR) is 94.2 cm³/mol. The van der Waals surface area contributed by atoms with Gasteiger partial charge in [-0.15, -0.1) is 0 Å². The van der Waals surface area contributed by atoms with Crippen LogP contribution in [0, 0.1) is 12.8 Å². The highest BCUT2D eigenvalue weighted by atomic mass is 16.2. The number of hydrogen-bond acceptors (Lipinski definition) is 3. The van der Waals surface area contributed by atoms with E-state index in [4.69, 9.17) is 0 Å². The number of carbonyl (C=O) groups is 2. The number of hydrogen-bond donors (Lipinski definition) is 2. The summed E-state index contributed by atoms with van der Waals surface area (Å²) in [6.07, 6.45) is 4.40. The monoisotopic (exact) mass is 338 g/mol. The zero-order valence-electron chi connectivity index (χ0n) is 14.3. The average Bonchev–Trinajstić information content (AvgIpc) is 3.21. The van der Waals surface area contributed by atoms with Crippen molar-refractivity contribution < 1.29 is 9.59 Å². The van der Waals surface area contributed by atoms with Crippen molar-refractivity contribution in [1.29, 1.82) is 0 Å². The molecule has 2 aliphatic rings. The molecule has 0 unspecified atom stereocenters. The number of imidazole rings is 1. The first-order valence-electron chi connectivity index (χ1n) is 8.78. The van der Waals surface area contributed by atoms with Gasteiger partial charge in [0.05, 0.1) is 18.1 Å². The van der Waals surface area contributed by atoms with Gasteiger partial charge in [-0.3, -0.25) is 9.59 Å². The van der Waals surface area contributed by atoms with Crippen LogP contribution in [0.3, 0.4) is 0 Å². The number of nitrogens with zero attached hydrogens (tertiary/aromatic N) is 2. The number of nitrogens with one attached hydrogen (secondary N) is 2. The third-order valence-electron chi connectivity index (χ3n) is 5.18. The number of aromatic amines is 1. The molecule has 6 heteroatoms. The van der Waals surface area contributed by atoms with E-state index in [1.165, 1.54) is 0 Å². The summed E-state index contributed by atoms with van der Waals surface area (Å²) < 4.78 is 0. The number of H-pyrrole nitrogens is 1. The van der Waals surface area contributed by atoms with Gasteiger partial charge in [-0.2, -0.15) is 0 Å². The summed E-state index contributed by atoms with van der Waals surface area (Å²) in [5, 5.41) is 3.08. The largest absolute Gasteiger partial charge is 0.351 e. The predicted octanol–water partition coefficient (Wildman–Crippen LogP) is 1.74. The number of anilines is 1. The number of benzene rings is 1. The number of amides is 2. The van der Waals surface area contributed by atoms with Crippen molar-refractivity contribution >= 4 is 17.5 Å². The zero-order valence-corrected chi connectivity index (χ0v) is 14.3. The van der Waals surface area contributed by atoms with E-state index in [9.17, 15) is 9.59 Å². The standard InChI is InChI=1S/C19H22N4O2/c1-12-2-5-15(6-3-12)23-10-14(9-18(23)24)22-19(25)13-4-7-16-17(8-13)21-11-20-16/h2-3,5-6,11,13-14H,4,7-10H2,1H3,(H,20,21)(H,22,25)/t13-,14-/m0/s1. The third kappa shape index (κ3) is 3.16. The van der Waals surface area contributed by atoms with E-state index in [-0.39, 0.29) is 23.8 Å². The first-order chi connectivity index (χ1) is 12.1. The Balaban J connectivity index is 1.38. The molecule has 6 nitrogen and oxygen atoms in total. The van der Waals surface area contributed by atoms with Gasteiger partial charge < -0.3 is 15.2 Å². The van der Waals surface area contributed by atoms with Crippen LogP contribution < -0.4 is 10.2 Å². The SMILES string of the molecule is Cc1ccc(N2C[C@@H](NC(=O)[C@H]3CCc4nc[nH]c4C3)CC2=O)cc1. The quantitative estimate of drug-likeness (QED) is 0.895. The van der Waals surface area contributed by atoms with Gasteiger partial charge in [0.15, 0.2) is 0 Å². The van der Waals surface area contributed by atoms with Crippen LogP contribution in [0.25, 0.3) is 0 Å². The summed E-state index contributed by atoms with van der Waals surface area (Å²) in [5.74, 6) is 0.0638. The van der Waals surface area contributed by atoms with E-state index in [0.29, 0.717) is 19.4 Å². The van der Waals surface area contributed by atoms with Gasteiger partial charge in [0.1, 0.15) is 0 Å². The van der Waals surface area contributed by atoms with Gasteiger partial charge in [-0.25, -0.2) is 4.98 Å². The van der Waals surface area contributed by atoms with Crippen molar-refractivity contribution in [2.75, 3.05) is 11.4 Å². The van der Waals surface area contributed by atoms with E-state index in [1.807, 2.05) is 31.2 Å². The molecule has 0 spiro atoms. The van der Waals surface area contributed by atoms with Gasteiger partial charge in [-0.1, -0.05) is 17.7 Å². The lowest BCUT2D eigenvalue weighted by Gasteiger charge is -2.23. The Bertz CT molecular complexity index is 796. The molecular weight excluding hydrogens is 316 g/mol. The summed E-state index contributed by atoms with van der Waals surface area (Å²) in [6, 6.07) is 7.79. The second kappa shape index (κ2) is 6.35. The van der Waals surface area contributed by atoms with Crippen LogP contribution in [-0.2, 0) is 22.4 Å². The summed E-state index contributed by atoms with van der Waals surface area (Å²) in [6.45, 7) is 2.56. The maximum Gasteiger partial charge on any atom is 0.229 e. The number of carbonyl (C=O) groups excluding carboxylic acids is 2. The topological polar surface area (TPSA) is 78.1 Å². The van der Waals surface area contributed by atoms with Crippen LogP contribution in [0.5, 0.6) is 0 Å². The van der Waals surface area contributed by atoms with Gasteiger partial charge in [0, 0.05) is 36.7 Å². The zero-order chi connectivity index (χ0) is 17.4. The molecule has 1 aromatic heterocycles. The van der Waals surface area contributed by atoms with Crippen LogP contribution in [-0.4, -0.2) is 34.4 Å². The number of rotatable bonds is 3. The summed E-state index contributed by atoms with van der Waals surface area (Å²) in [7, 11) is 0. The minimum Gasteiger partial charge on any atom is -0.351 e. The maximum atomic E-state index is 12.6. The Hall–Kier alpha value is -2.63. The summed E-state index contributed by atoms with van der Waals surface area (Å²) in [4.78, 5) is 34.1. The lowest BCUT2D eigenvalue weighted by atomic mass is 9.89. The molecule has 1 fully saturated rings. The Morgan fingerprint density at radius 2 is 2.08 bits per heavy atom. The molecule has 0 bridgehead atoms. The Kier molecular flexibility index (Phi) is 4.03. The molecule has 0 saturated carbocycles. The second-order valence-electron chi connectivity index (χ2n) is 7.02. The second-order valence-corrected chi connectivity index (χ2v) is 7.02. The first-order valence-corrected chi connectivity index (χ1v) is 8.78. The maximum absolute atomic E-state index is 12.6. The molecule has 0 radical (unpaired) electrons. The van der Waals surface area contributed by atoms with Crippen molar-refractivity contribution in [2.45, 2.75) is 38.6 Å². The van der Waals surface area contributed by atoms with Crippen molar-refractivity contribution in [1.82, 2.24) is 15.3 Å². The molecule has 2 heterocycles. The smallest absolute Gasteiger partial charge is 0.229 e. The van der Waals surface area contributed by atoms with E-state index < -0.39 is 0 Å². The van der Waals surface area contributed by atoms with E-state index in [1.54, 1.807) is 11.2 Å². The number of fused-ring (bicyclic) bond motifs is 1. The highest BCUT2D eigenvalue weighted by Crippen LogP contribution is 2.25. The molecule has 4 rings (SSSR count). The van der Waals surface area contributed by atoms with Crippen molar-refractivity contribution in [3.05, 3.63) is 47.5 Å². The number of aryl methyl sites for hydroxylation is 2. The molecule has 1 aliphatic heterocycles. The fraction of sp³-hybridized carbons (Fsp3) is 0.421. The molecule has 2 amide bonds. The summed E-state index contributed by atoms with van der Waals surface area (Å²) in [5.41, 5.74) is 4.20. The van der Waals surface area contributed by atoms with Crippen LogP contribution in [0.15, 0.2) is 30.6 Å². The van der Waals surface area contributed by atoms with Gasteiger partial charge in [0.2, 0.25) is 11.8 Å². The van der Waals surface area contributed by atoms with E-state index in [0.717, 1.165) is 35.5 Å². The fourth-order valence-electron chi connectivity index (χ4n) is 3.72. The van der Waals surface area contributed by atoms with E-state index in [2.05, 4.69) is 15.3 Å². The minimum atomic E-state index is -0.121. The van der Waals surface area contributed by atoms with Gasteiger partial charge in [-0.05, 0) is 31.9 Å². The number of aromatic nitrogens is 2. The van der Waals surface area contributed by atoms with Gasteiger partial charge >= 0.3 is 0 Å². The van der Waals surface area contributed by atoms with Crippen LogP contribution in [0.4, 0.5) is 5.69 Å². The minimum absolute atomic E-state index is 0.0449. The molecular formula is C19H22N4O2. The molecule has 1 aliphatic carbocycles. The lowest BCUT2D eigenvalue weighted by molar-refractivity contribution is -0.126. The molecule has 2 atom stereocenters. The molecule has 1 aromatic carbocycles. The Morgan fingerprint density at radius 1 is 1.28 bits per heavy atom. The lowest BCUT2D eigenvalue weighted by Crippen LogP contribution is -2.42. The molecule has 2 aromatic rings. The highest BCUT2D eigenvalue weighted by Gasteiger charge is 2.34. The highest BCUT2D eigenvalue weighted by molar-refractivity contribution is 5.97. The normalized spacial score (nSPS) is 22.8. The first kappa shape index (κ1) is 15.9. The average molecular weight is 338 g/mol. The Morgan fingerprint density at radius 3 is 2.88 bits per heavy atom. The summed E-state index contributed by atoms with van der Waals surface area (Å²) >= 11 is 0. The van der Waals surface area contributed by atoms with Crippen LogP contribution in [0.1, 0.15) is 29.8 Å². The van der Waals surface area contributed by atoms with Crippen molar-refractivity contribution in [2.24, 2.45) is 5.92 Å². The van der Waals surface area contributed by atoms with E-state index >= 15 is 0 Å². The molecule has 130 valence electrons. The van der Waals surface area contributed by atoms with Crippen molar-refractivity contribution in [3.8, 4) is 0 Å². The fourth-order valence-corrected chi connectivity index (χ4v) is 3.72. The van der Waals surface area contributed by atoms with Crippen molar-refractivity contribution in [3.63, 3.8) is 0 Å².